The van der Waals surface area contributed by atoms with Crippen molar-refractivity contribution in [2.45, 2.75) is 26.3 Å². The number of carbonyl (C=O) groups is 2. The van der Waals surface area contributed by atoms with E-state index < -0.39 is 11.7 Å². The Labute approximate surface area is 175 Å². The van der Waals surface area contributed by atoms with Crippen molar-refractivity contribution in [2.75, 3.05) is 11.4 Å². The van der Waals surface area contributed by atoms with Crippen LogP contribution < -0.4 is 16.0 Å². The molecule has 2 amide bonds. The van der Waals surface area contributed by atoms with Crippen LogP contribution in [0, 0.1) is 17.1 Å². The molecule has 0 saturated heterocycles. The van der Waals surface area contributed by atoms with Gasteiger partial charge in [0.25, 0.3) is 5.91 Å². The standard InChI is InChI=1S/C23H25FN4O2/c1-2-28(18-6-3-5-17(24)13-18)23(30)20-8-4-7-19(20)22(29)27-14-15-9-11-16(12-10-15)21(25)26/h3,5-6,8-13,19H,2,4,7,14H2,1H3,(H3,25,26)(H,27,29). The van der Waals surface area contributed by atoms with Gasteiger partial charge >= 0.3 is 0 Å². The van der Waals surface area contributed by atoms with Crippen LogP contribution in [0.15, 0.2) is 60.2 Å². The van der Waals surface area contributed by atoms with Crippen molar-refractivity contribution in [3.63, 3.8) is 0 Å². The monoisotopic (exact) mass is 408 g/mol. The van der Waals surface area contributed by atoms with Crippen LogP contribution in [0.5, 0.6) is 0 Å². The van der Waals surface area contributed by atoms with Crippen molar-refractivity contribution >= 4 is 23.3 Å². The highest BCUT2D eigenvalue weighted by Crippen LogP contribution is 2.29. The van der Waals surface area contributed by atoms with E-state index in [1.165, 1.54) is 17.0 Å². The second-order valence-electron chi connectivity index (χ2n) is 7.15. The zero-order valence-electron chi connectivity index (χ0n) is 16.8. The SMILES string of the molecule is CCN(C(=O)C1=CCCC1C(=O)NCc1ccc(C(=N)N)cc1)c1cccc(F)c1. The molecule has 30 heavy (non-hydrogen) atoms. The van der Waals surface area contributed by atoms with E-state index in [1.54, 1.807) is 42.5 Å². The van der Waals surface area contributed by atoms with E-state index in [1.807, 2.05) is 6.92 Å². The van der Waals surface area contributed by atoms with Gasteiger partial charge in [0.15, 0.2) is 0 Å². The van der Waals surface area contributed by atoms with Crippen molar-refractivity contribution in [1.82, 2.24) is 5.32 Å². The fourth-order valence-corrected chi connectivity index (χ4v) is 3.57. The number of nitrogen functional groups attached to an aromatic ring is 1. The molecule has 0 saturated carbocycles. The quantitative estimate of drug-likeness (QED) is 0.485. The van der Waals surface area contributed by atoms with E-state index in [-0.39, 0.29) is 17.6 Å². The third kappa shape index (κ3) is 4.74. The number of nitrogens with one attached hydrogen (secondary N) is 2. The van der Waals surface area contributed by atoms with Gasteiger partial charge in [-0.15, -0.1) is 0 Å². The molecule has 0 radical (unpaired) electrons. The molecule has 1 atom stereocenters. The highest BCUT2D eigenvalue weighted by atomic mass is 19.1. The van der Waals surface area contributed by atoms with Crippen molar-refractivity contribution in [3.8, 4) is 0 Å². The second-order valence-corrected chi connectivity index (χ2v) is 7.15. The Kier molecular flexibility index (Phi) is 6.61. The molecule has 0 aromatic heterocycles. The molecule has 0 spiro atoms. The minimum atomic E-state index is -0.531. The Hall–Kier alpha value is -3.48. The van der Waals surface area contributed by atoms with Crippen LogP contribution in [0.1, 0.15) is 30.9 Å². The maximum Gasteiger partial charge on any atom is 0.254 e. The van der Waals surface area contributed by atoms with Gasteiger partial charge in [-0.1, -0.05) is 36.4 Å². The zero-order valence-corrected chi connectivity index (χ0v) is 16.8. The van der Waals surface area contributed by atoms with Gasteiger partial charge in [0.1, 0.15) is 11.7 Å². The average molecular weight is 408 g/mol. The number of nitrogens with two attached hydrogens (primary N) is 1. The molecule has 2 aromatic carbocycles. The van der Waals surface area contributed by atoms with Crippen LogP contribution in [0.2, 0.25) is 0 Å². The number of anilines is 1. The summed E-state index contributed by atoms with van der Waals surface area (Å²) in [6.07, 6.45) is 3.01. The summed E-state index contributed by atoms with van der Waals surface area (Å²) in [7, 11) is 0. The number of halogens is 1. The van der Waals surface area contributed by atoms with Gasteiger partial charge in [-0.05, 0) is 43.5 Å². The Morgan fingerprint density at radius 2 is 1.97 bits per heavy atom. The van der Waals surface area contributed by atoms with E-state index in [9.17, 15) is 14.0 Å². The number of hydrogen-bond donors (Lipinski definition) is 3. The predicted octanol–water partition coefficient (Wildman–Crippen LogP) is 3.12. The summed E-state index contributed by atoms with van der Waals surface area (Å²) in [6, 6.07) is 12.9. The highest BCUT2D eigenvalue weighted by Gasteiger charge is 2.33. The zero-order chi connectivity index (χ0) is 21.7. The summed E-state index contributed by atoms with van der Waals surface area (Å²) < 4.78 is 13.6. The molecule has 2 aromatic rings. The first-order valence-corrected chi connectivity index (χ1v) is 9.89. The molecule has 156 valence electrons. The van der Waals surface area contributed by atoms with Crippen LogP contribution in [0.25, 0.3) is 0 Å². The third-order valence-corrected chi connectivity index (χ3v) is 5.17. The molecular weight excluding hydrogens is 383 g/mol. The van der Waals surface area contributed by atoms with Crippen LogP contribution in [-0.2, 0) is 16.1 Å². The topological polar surface area (TPSA) is 99.3 Å². The van der Waals surface area contributed by atoms with Crippen molar-refractivity contribution in [3.05, 3.63) is 77.1 Å². The summed E-state index contributed by atoms with van der Waals surface area (Å²) in [4.78, 5) is 27.4. The number of likely N-dealkylation sites (N-methyl/N-ethyl adjacent to an activating group) is 1. The van der Waals surface area contributed by atoms with Crippen LogP contribution in [-0.4, -0.2) is 24.2 Å². The molecular formula is C23H25FN4O2. The summed E-state index contributed by atoms with van der Waals surface area (Å²) in [5, 5.41) is 10.3. The third-order valence-electron chi connectivity index (χ3n) is 5.17. The number of carbonyl (C=O) groups excluding carboxylic acids is 2. The maximum absolute atomic E-state index is 13.6. The fourth-order valence-electron chi connectivity index (χ4n) is 3.57. The molecule has 1 unspecified atom stereocenters. The van der Waals surface area contributed by atoms with Crippen LogP contribution >= 0.6 is 0 Å². The number of benzene rings is 2. The van der Waals surface area contributed by atoms with Gasteiger partial charge < -0.3 is 16.0 Å². The number of nitrogens with zero attached hydrogens (tertiary/aromatic N) is 1. The number of hydrogen-bond acceptors (Lipinski definition) is 3. The number of allylic oxidation sites excluding steroid dienone is 1. The van der Waals surface area contributed by atoms with E-state index in [2.05, 4.69) is 5.32 Å². The summed E-state index contributed by atoms with van der Waals surface area (Å²) in [5.74, 6) is -1.44. The first-order chi connectivity index (χ1) is 14.4. The lowest BCUT2D eigenvalue weighted by atomic mass is 9.98. The fraction of sp³-hybridized carbons (Fsp3) is 0.261. The van der Waals surface area contributed by atoms with Gasteiger partial charge in [0.05, 0.1) is 5.92 Å². The van der Waals surface area contributed by atoms with E-state index in [0.717, 1.165) is 5.56 Å². The molecule has 0 aliphatic heterocycles. The molecule has 1 aliphatic carbocycles. The van der Waals surface area contributed by atoms with E-state index in [0.29, 0.717) is 42.8 Å². The Balaban J connectivity index is 1.67. The Morgan fingerprint density at radius 3 is 2.60 bits per heavy atom. The number of amides is 2. The molecule has 0 heterocycles. The molecule has 1 aliphatic rings. The summed E-state index contributed by atoms with van der Waals surface area (Å²) >= 11 is 0. The minimum absolute atomic E-state index is 0.0105. The second kappa shape index (κ2) is 9.35. The highest BCUT2D eigenvalue weighted by molar-refractivity contribution is 6.09. The minimum Gasteiger partial charge on any atom is -0.384 e. The normalized spacial score (nSPS) is 15.4. The van der Waals surface area contributed by atoms with Gasteiger partial charge in [-0.3, -0.25) is 15.0 Å². The Morgan fingerprint density at radius 1 is 1.23 bits per heavy atom. The summed E-state index contributed by atoms with van der Waals surface area (Å²) in [5.41, 5.74) is 7.86. The largest absolute Gasteiger partial charge is 0.384 e. The first-order valence-electron chi connectivity index (χ1n) is 9.89. The van der Waals surface area contributed by atoms with Gasteiger partial charge in [-0.2, -0.15) is 0 Å². The molecule has 4 N–H and O–H groups in total. The van der Waals surface area contributed by atoms with E-state index >= 15 is 0 Å². The maximum atomic E-state index is 13.6. The lowest BCUT2D eigenvalue weighted by Crippen LogP contribution is -2.38. The van der Waals surface area contributed by atoms with Crippen molar-refractivity contribution in [2.24, 2.45) is 11.7 Å². The predicted molar refractivity (Wildman–Crippen MR) is 115 cm³/mol. The lowest BCUT2D eigenvalue weighted by Gasteiger charge is -2.24. The lowest BCUT2D eigenvalue weighted by molar-refractivity contribution is -0.126. The van der Waals surface area contributed by atoms with Crippen molar-refractivity contribution < 1.29 is 14.0 Å². The molecule has 0 bridgehead atoms. The average Bonchev–Trinajstić information content (AvgIpc) is 3.23. The molecule has 6 nitrogen and oxygen atoms in total. The van der Waals surface area contributed by atoms with Crippen molar-refractivity contribution in [1.29, 1.82) is 5.41 Å². The Bertz CT molecular complexity index is 985. The number of amidine groups is 1. The first kappa shape index (κ1) is 21.2. The van der Waals surface area contributed by atoms with Gasteiger partial charge in [-0.25, -0.2) is 4.39 Å². The van der Waals surface area contributed by atoms with Crippen LogP contribution in [0.3, 0.4) is 0 Å². The summed E-state index contributed by atoms with van der Waals surface area (Å²) in [6.45, 7) is 2.50. The van der Waals surface area contributed by atoms with E-state index in [4.69, 9.17) is 11.1 Å². The molecule has 3 rings (SSSR count). The molecule has 0 fully saturated rings. The van der Waals surface area contributed by atoms with Gasteiger partial charge in [0, 0.05) is 29.9 Å². The van der Waals surface area contributed by atoms with Crippen LogP contribution in [0.4, 0.5) is 10.1 Å². The molecule has 7 heteroatoms. The number of rotatable bonds is 7. The van der Waals surface area contributed by atoms with Gasteiger partial charge in [0.2, 0.25) is 5.91 Å². The smallest absolute Gasteiger partial charge is 0.254 e.